The first-order chi connectivity index (χ1) is 14.8. The van der Waals surface area contributed by atoms with Gasteiger partial charge in [0.15, 0.2) is 0 Å². The Hall–Kier alpha value is -3.52. The molecule has 1 heterocycles. The summed E-state index contributed by atoms with van der Waals surface area (Å²) in [4.78, 5) is 37.2. The van der Waals surface area contributed by atoms with Crippen molar-refractivity contribution in [3.63, 3.8) is 0 Å². The molecule has 0 spiro atoms. The Kier molecular flexibility index (Phi) is 7.15. The molecule has 0 fully saturated rings. The molecule has 6 nitrogen and oxygen atoms in total. The Morgan fingerprint density at radius 3 is 2.26 bits per heavy atom. The molecule has 1 unspecified atom stereocenters. The van der Waals surface area contributed by atoms with Gasteiger partial charge in [-0.1, -0.05) is 12.1 Å². The van der Waals surface area contributed by atoms with E-state index in [0.29, 0.717) is 22.7 Å². The van der Waals surface area contributed by atoms with Crippen LogP contribution in [0.1, 0.15) is 50.4 Å². The first kappa shape index (κ1) is 22.2. The minimum Gasteiger partial charge on any atom is -0.351 e. The molecule has 1 aromatic heterocycles. The third kappa shape index (κ3) is 6.23. The topological polar surface area (TPSA) is 87.3 Å². The van der Waals surface area contributed by atoms with Crippen molar-refractivity contribution >= 4 is 34.7 Å². The van der Waals surface area contributed by atoms with Gasteiger partial charge in [0, 0.05) is 23.1 Å². The fourth-order valence-corrected chi connectivity index (χ4v) is 3.67. The Labute approximate surface area is 183 Å². The second-order valence-corrected chi connectivity index (χ2v) is 8.12. The van der Waals surface area contributed by atoms with E-state index < -0.39 is 5.82 Å². The Morgan fingerprint density at radius 2 is 1.61 bits per heavy atom. The van der Waals surface area contributed by atoms with Crippen LogP contribution in [0.5, 0.6) is 0 Å². The normalized spacial score (nSPS) is 11.5. The largest absolute Gasteiger partial charge is 0.351 e. The molecule has 0 bridgehead atoms. The predicted octanol–water partition coefficient (Wildman–Crippen LogP) is 4.27. The van der Waals surface area contributed by atoms with Crippen molar-refractivity contribution in [3.05, 3.63) is 87.4 Å². The second-order valence-electron chi connectivity index (χ2n) is 6.95. The summed E-state index contributed by atoms with van der Waals surface area (Å²) in [6.45, 7) is 3.71. The number of hydrogen-bond acceptors (Lipinski definition) is 4. The molecule has 0 saturated carbocycles. The van der Waals surface area contributed by atoms with Gasteiger partial charge >= 0.3 is 0 Å². The lowest BCUT2D eigenvalue weighted by atomic mass is 10.1. The van der Waals surface area contributed by atoms with E-state index in [-0.39, 0.29) is 23.8 Å². The van der Waals surface area contributed by atoms with Gasteiger partial charge in [-0.25, -0.2) is 4.39 Å². The lowest BCUT2D eigenvalue weighted by molar-refractivity contribution is -0.119. The summed E-state index contributed by atoms with van der Waals surface area (Å²) < 4.78 is 13.0. The van der Waals surface area contributed by atoms with E-state index in [1.807, 2.05) is 25.1 Å². The third-order valence-electron chi connectivity index (χ3n) is 4.52. The average Bonchev–Trinajstić information content (AvgIpc) is 3.22. The monoisotopic (exact) mass is 439 g/mol. The van der Waals surface area contributed by atoms with E-state index in [2.05, 4.69) is 16.0 Å². The highest BCUT2D eigenvalue weighted by molar-refractivity contribution is 7.14. The summed E-state index contributed by atoms with van der Waals surface area (Å²) in [5, 5.41) is 8.40. The van der Waals surface area contributed by atoms with Crippen molar-refractivity contribution in [3.8, 4) is 0 Å². The van der Waals surface area contributed by atoms with Crippen molar-refractivity contribution in [1.82, 2.24) is 10.6 Å². The minimum absolute atomic E-state index is 0.120. The molecule has 0 radical (unpaired) electrons. The molecule has 0 aliphatic heterocycles. The molecule has 3 rings (SSSR count). The van der Waals surface area contributed by atoms with E-state index in [1.54, 1.807) is 18.2 Å². The van der Waals surface area contributed by atoms with Crippen LogP contribution in [0.2, 0.25) is 0 Å². The number of carbonyl (C=O) groups is 3. The zero-order valence-corrected chi connectivity index (χ0v) is 17.9. The second kappa shape index (κ2) is 9.99. The molecule has 3 N–H and O–H groups in total. The number of anilines is 1. The number of nitrogens with one attached hydrogen (secondary N) is 3. The summed E-state index contributed by atoms with van der Waals surface area (Å²) >= 11 is 1.33. The molecule has 1 atom stereocenters. The number of hydrogen-bond donors (Lipinski definition) is 3. The number of amides is 3. The molecule has 3 aromatic rings. The lowest BCUT2D eigenvalue weighted by Crippen LogP contribution is -2.25. The van der Waals surface area contributed by atoms with Crippen molar-refractivity contribution in [2.24, 2.45) is 0 Å². The van der Waals surface area contributed by atoms with Crippen LogP contribution in [0.4, 0.5) is 10.1 Å². The van der Waals surface area contributed by atoms with Crippen LogP contribution < -0.4 is 16.0 Å². The van der Waals surface area contributed by atoms with Gasteiger partial charge in [0.05, 0.1) is 17.5 Å². The fourth-order valence-electron chi connectivity index (χ4n) is 2.82. The van der Waals surface area contributed by atoms with Crippen LogP contribution in [0.25, 0.3) is 0 Å². The SMILES string of the molecule is CC(=O)NCc1ccc(C(=O)NC(C)c2ccc(NC(=O)c3ccc(F)cc3)cc2)s1. The van der Waals surface area contributed by atoms with Crippen LogP contribution in [-0.2, 0) is 11.3 Å². The summed E-state index contributed by atoms with van der Waals surface area (Å²) in [7, 11) is 0. The van der Waals surface area contributed by atoms with Gasteiger partial charge in [-0.15, -0.1) is 11.3 Å². The minimum atomic E-state index is -0.400. The standard InChI is InChI=1S/C23H22FN3O3S/c1-14(26-23(30)21-12-11-20(31-21)13-25-15(2)28)16-5-9-19(10-6-16)27-22(29)17-3-7-18(24)8-4-17/h3-12,14H,13H2,1-2H3,(H,25,28)(H,26,30)(H,27,29). The molecule has 8 heteroatoms. The van der Waals surface area contributed by atoms with E-state index in [1.165, 1.54) is 42.5 Å². The Bertz CT molecular complexity index is 1080. The molecular weight excluding hydrogens is 417 g/mol. The van der Waals surface area contributed by atoms with Gasteiger partial charge in [-0.3, -0.25) is 14.4 Å². The fraction of sp³-hybridized carbons (Fsp3) is 0.174. The van der Waals surface area contributed by atoms with Gasteiger partial charge in [0.25, 0.3) is 11.8 Å². The molecule has 3 amide bonds. The molecule has 2 aromatic carbocycles. The van der Waals surface area contributed by atoms with Crippen LogP contribution in [-0.4, -0.2) is 17.7 Å². The first-order valence-electron chi connectivity index (χ1n) is 9.62. The Morgan fingerprint density at radius 1 is 0.935 bits per heavy atom. The number of benzene rings is 2. The van der Waals surface area contributed by atoms with Crippen molar-refractivity contribution in [2.45, 2.75) is 26.4 Å². The zero-order chi connectivity index (χ0) is 22.4. The molecule has 160 valence electrons. The average molecular weight is 440 g/mol. The summed E-state index contributed by atoms with van der Waals surface area (Å²) in [5.74, 6) is -1.05. The number of thiophene rings is 1. The summed E-state index contributed by atoms with van der Waals surface area (Å²) in [6.07, 6.45) is 0. The first-order valence-corrected chi connectivity index (χ1v) is 10.4. The maximum Gasteiger partial charge on any atom is 0.261 e. The van der Waals surface area contributed by atoms with Gasteiger partial charge in [0.1, 0.15) is 5.82 Å². The van der Waals surface area contributed by atoms with Crippen molar-refractivity contribution < 1.29 is 18.8 Å². The molecule has 0 aliphatic carbocycles. The third-order valence-corrected chi connectivity index (χ3v) is 5.60. The van der Waals surface area contributed by atoms with Crippen LogP contribution in [0, 0.1) is 5.82 Å². The van der Waals surface area contributed by atoms with Crippen LogP contribution in [0.3, 0.4) is 0 Å². The van der Waals surface area contributed by atoms with E-state index in [0.717, 1.165) is 10.4 Å². The highest BCUT2D eigenvalue weighted by Gasteiger charge is 2.14. The highest BCUT2D eigenvalue weighted by atomic mass is 32.1. The van der Waals surface area contributed by atoms with Crippen LogP contribution in [0.15, 0.2) is 60.7 Å². The summed E-state index contributed by atoms with van der Waals surface area (Å²) in [5.41, 5.74) is 1.83. The summed E-state index contributed by atoms with van der Waals surface area (Å²) in [6, 6.07) is 15.8. The maximum absolute atomic E-state index is 13.0. The van der Waals surface area contributed by atoms with E-state index in [4.69, 9.17) is 0 Å². The van der Waals surface area contributed by atoms with E-state index in [9.17, 15) is 18.8 Å². The zero-order valence-electron chi connectivity index (χ0n) is 17.1. The maximum atomic E-state index is 13.0. The molecular formula is C23H22FN3O3S. The van der Waals surface area contributed by atoms with Gasteiger partial charge in [0.2, 0.25) is 5.91 Å². The van der Waals surface area contributed by atoms with Gasteiger partial charge < -0.3 is 16.0 Å². The smallest absolute Gasteiger partial charge is 0.261 e. The molecule has 0 saturated heterocycles. The quantitative estimate of drug-likeness (QED) is 0.514. The van der Waals surface area contributed by atoms with Crippen molar-refractivity contribution in [1.29, 1.82) is 0 Å². The van der Waals surface area contributed by atoms with Crippen molar-refractivity contribution in [2.75, 3.05) is 5.32 Å². The number of halogens is 1. The molecule has 0 aliphatic rings. The Balaban J connectivity index is 1.56. The lowest BCUT2D eigenvalue weighted by Gasteiger charge is -2.14. The highest BCUT2D eigenvalue weighted by Crippen LogP contribution is 2.20. The van der Waals surface area contributed by atoms with Gasteiger partial charge in [-0.05, 0) is 61.0 Å². The number of carbonyl (C=O) groups excluding carboxylic acids is 3. The van der Waals surface area contributed by atoms with Crippen LogP contribution >= 0.6 is 11.3 Å². The van der Waals surface area contributed by atoms with E-state index >= 15 is 0 Å². The molecule has 31 heavy (non-hydrogen) atoms. The number of rotatable bonds is 7. The predicted molar refractivity (Wildman–Crippen MR) is 119 cm³/mol. The van der Waals surface area contributed by atoms with Gasteiger partial charge in [-0.2, -0.15) is 0 Å².